The predicted octanol–water partition coefficient (Wildman–Crippen LogP) is 2.58. The fraction of sp³-hybridized carbons (Fsp3) is 0.435. The summed E-state index contributed by atoms with van der Waals surface area (Å²) in [6.07, 6.45) is 4.21. The van der Waals surface area contributed by atoms with Crippen LogP contribution in [0.1, 0.15) is 37.2 Å². The summed E-state index contributed by atoms with van der Waals surface area (Å²) in [5.41, 5.74) is 2.23. The lowest BCUT2D eigenvalue weighted by Crippen LogP contribution is -2.37. The number of hydrogen-bond acceptors (Lipinski definition) is 4. The molecule has 0 radical (unpaired) electrons. The molecule has 0 aliphatic carbocycles. The first-order valence-electron chi connectivity index (χ1n) is 10.6. The zero-order valence-corrected chi connectivity index (χ0v) is 17.9. The second-order valence-corrected chi connectivity index (χ2v) is 8.04. The zero-order chi connectivity index (χ0) is 21.3. The summed E-state index contributed by atoms with van der Waals surface area (Å²) in [6, 6.07) is 8.98. The maximum Gasteiger partial charge on any atom is 0.281 e. The molecule has 3 aromatic rings. The van der Waals surface area contributed by atoms with Gasteiger partial charge in [0.2, 0.25) is 5.91 Å². The Morgan fingerprint density at radius 2 is 1.83 bits per heavy atom. The molecule has 158 valence electrons. The van der Waals surface area contributed by atoms with E-state index >= 15 is 0 Å². The van der Waals surface area contributed by atoms with Crippen molar-refractivity contribution in [2.24, 2.45) is 0 Å². The van der Waals surface area contributed by atoms with Crippen LogP contribution in [0.3, 0.4) is 0 Å². The number of aryl methyl sites for hydroxylation is 2. The first kappa shape index (κ1) is 20.3. The zero-order valence-electron chi connectivity index (χ0n) is 17.9. The summed E-state index contributed by atoms with van der Waals surface area (Å²) in [6.45, 7) is 9.49. The number of nitrogens with one attached hydrogen (secondary N) is 1. The Kier molecular flexibility index (Phi) is 5.72. The van der Waals surface area contributed by atoms with Crippen molar-refractivity contribution < 1.29 is 4.79 Å². The maximum atomic E-state index is 13.2. The van der Waals surface area contributed by atoms with Crippen LogP contribution in [-0.4, -0.2) is 51.3 Å². The molecule has 2 aromatic heterocycles. The molecule has 4 rings (SSSR count). The third-order valence-electron chi connectivity index (χ3n) is 6.15. The Labute approximate surface area is 176 Å². The van der Waals surface area contributed by atoms with Gasteiger partial charge in [-0.2, -0.15) is 9.78 Å². The van der Waals surface area contributed by atoms with Crippen molar-refractivity contribution in [1.82, 2.24) is 24.6 Å². The molecule has 1 atom stereocenters. The highest BCUT2D eigenvalue weighted by Crippen LogP contribution is 2.26. The van der Waals surface area contributed by atoms with Crippen LogP contribution in [0, 0.1) is 13.8 Å². The second kappa shape index (κ2) is 8.44. The largest absolute Gasteiger partial charge is 0.353 e. The molecular weight excluding hydrogens is 378 g/mol. The van der Waals surface area contributed by atoms with Gasteiger partial charge in [-0.3, -0.25) is 9.59 Å². The maximum absolute atomic E-state index is 13.2. The van der Waals surface area contributed by atoms with Crippen LogP contribution in [0.2, 0.25) is 0 Å². The first-order chi connectivity index (χ1) is 14.5. The van der Waals surface area contributed by atoms with E-state index in [1.165, 1.54) is 17.5 Å². The summed E-state index contributed by atoms with van der Waals surface area (Å²) < 4.78 is 3.37. The topological polar surface area (TPSA) is 72.2 Å². The van der Waals surface area contributed by atoms with Crippen LogP contribution in [0.4, 0.5) is 0 Å². The highest BCUT2D eigenvalue weighted by molar-refractivity contribution is 5.89. The van der Waals surface area contributed by atoms with E-state index in [1.807, 2.05) is 55.7 Å². The third-order valence-corrected chi connectivity index (χ3v) is 6.15. The molecule has 1 aromatic carbocycles. The molecule has 0 bridgehead atoms. The van der Waals surface area contributed by atoms with Gasteiger partial charge in [0, 0.05) is 29.9 Å². The van der Waals surface area contributed by atoms with Gasteiger partial charge in [-0.15, -0.1) is 0 Å². The second-order valence-electron chi connectivity index (χ2n) is 8.04. The van der Waals surface area contributed by atoms with Crippen molar-refractivity contribution in [2.75, 3.05) is 26.2 Å². The van der Waals surface area contributed by atoms with E-state index in [-0.39, 0.29) is 11.5 Å². The predicted molar refractivity (Wildman–Crippen MR) is 118 cm³/mol. The molecule has 1 aliphatic heterocycles. The molecule has 1 amide bonds. The molecule has 1 N–H and O–H groups in total. The number of carbonyl (C=O) groups is 1. The van der Waals surface area contributed by atoms with Gasteiger partial charge in [-0.05, 0) is 58.8 Å². The number of aromatic nitrogens is 3. The standard InChI is InChI=1S/C23H29N5O2/c1-16-20-15-25-28(19-9-5-4-6-10-19)23(30)21(20)17(2)27(16)18(3)22(29)24-11-14-26-12-7-8-13-26/h4-6,9-10,15,18H,7-8,11-14H2,1-3H3,(H,24,29)/t18-/m1/s1. The van der Waals surface area contributed by atoms with Crippen molar-refractivity contribution in [3.63, 3.8) is 0 Å². The molecule has 7 heteroatoms. The van der Waals surface area contributed by atoms with Crippen LogP contribution in [-0.2, 0) is 4.79 Å². The normalized spacial score (nSPS) is 15.6. The van der Waals surface area contributed by atoms with Crippen LogP contribution in [0.15, 0.2) is 41.3 Å². The number of hydrogen-bond donors (Lipinski definition) is 1. The van der Waals surface area contributed by atoms with Crippen molar-refractivity contribution in [3.05, 3.63) is 58.3 Å². The van der Waals surface area contributed by atoms with E-state index in [4.69, 9.17) is 0 Å². The highest BCUT2D eigenvalue weighted by Gasteiger charge is 2.23. The molecule has 0 spiro atoms. The number of fused-ring (bicyclic) bond motifs is 1. The number of likely N-dealkylation sites (tertiary alicyclic amines) is 1. The lowest BCUT2D eigenvalue weighted by atomic mass is 10.2. The van der Waals surface area contributed by atoms with Crippen LogP contribution in [0.25, 0.3) is 16.5 Å². The fourth-order valence-corrected chi connectivity index (χ4v) is 4.52. The first-order valence-corrected chi connectivity index (χ1v) is 10.6. The van der Waals surface area contributed by atoms with Gasteiger partial charge in [0.15, 0.2) is 0 Å². The minimum atomic E-state index is -0.402. The van der Waals surface area contributed by atoms with Gasteiger partial charge in [-0.25, -0.2) is 0 Å². The van der Waals surface area contributed by atoms with Gasteiger partial charge in [0.25, 0.3) is 5.56 Å². The van der Waals surface area contributed by atoms with Crippen molar-refractivity contribution in [3.8, 4) is 5.69 Å². The van der Waals surface area contributed by atoms with Crippen LogP contribution >= 0.6 is 0 Å². The molecular formula is C23H29N5O2. The quantitative estimate of drug-likeness (QED) is 0.682. The molecule has 3 heterocycles. The van der Waals surface area contributed by atoms with Gasteiger partial charge < -0.3 is 14.8 Å². The molecule has 1 saturated heterocycles. The van der Waals surface area contributed by atoms with Gasteiger partial charge in [-0.1, -0.05) is 18.2 Å². The summed E-state index contributed by atoms with van der Waals surface area (Å²) in [5.74, 6) is -0.0305. The van der Waals surface area contributed by atoms with Crippen molar-refractivity contribution >= 4 is 16.7 Å². The van der Waals surface area contributed by atoms with Gasteiger partial charge in [0.05, 0.1) is 17.3 Å². The summed E-state index contributed by atoms with van der Waals surface area (Å²) >= 11 is 0. The molecule has 30 heavy (non-hydrogen) atoms. The summed E-state index contributed by atoms with van der Waals surface area (Å²) in [7, 11) is 0. The molecule has 0 saturated carbocycles. The number of carbonyl (C=O) groups excluding carboxylic acids is 1. The molecule has 7 nitrogen and oxygen atoms in total. The Hall–Kier alpha value is -2.93. The van der Waals surface area contributed by atoms with E-state index in [1.54, 1.807) is 6.20 Å². The Morgan fingerprint density at radius 3 is 2.53 bits per heavy atom. The fourth-order valence-electron chi connectivity index (χ4n) is 4.52. The van der Waals surface area contributed by atoms with Crippen LogP contribution < -0.4 is 10.9 Å². The minimum Gasteiger partial charge on any atom is -0.353 e. The molecule has 0 unspecified atom stereocenters. The summed E-state index contributed by atoms with van der Waals surface area (Å²) in [4.78, 5) is 28.4. The SMILES string of the molecule is Cc1c2cnn(-c3ccccc3)c(=O)c2c(C)n1[C@H](C)C(=O)NCCN1CCCC1. The Bertz CT molecular complexity index is 1110. The number of para-hydroxylation sites is 1. The van der Waals surface area contributed by atoms with Crippen LogP contribution in [0.5, 0.6) is 0 Å². The van der Waals surface area contributed by atoms with E-state index in [2.05, 4.69) is 15.3 Å². The van der Waals surface area contributed by atoms with E-state index in [0.717, 1.165) is 42.1 Å². The van der Waals surface area contributed by atoms with E-state index in [0.29, 0.717) is 11.9 Å². The molecule has 1 aliphatic rings. The lowest BCUT2D eigenvalue weighted by molar-refractivity contribution is -0.123. The number of benzene rings is 1. The number of nitrogens with zero attached hydrogens (tertiary/aromatic N) is 4. The summed E-state index contributed by atoms with van der Waals surface area (Å²) in [5, 5.41) is 8.84. The average Bonchev–Trinajstić information content (AvgIpc) is 3.35. The van der Waals surface area contributed by atoms with E-state index in [9.17, 15) is 9.59 Å². The smallest absolute Gasteiger partial charge is 0.281 e. The minimum absolute atomic E-state index is 0.0305. The molecule has 1 fully saturated rings. The van der Waals surface area contributed by atoms with E-state index < -0.39 is 6.04 Å². The number of amides is 1. The Morgan fingerprint density at radius 1 is 1.13 bits per heavy atom. The van der Waals surface area contributed by atoms with Gasteiger partial charge in [0.1, 0.15) is 6.04 Å². The third kappa shape index (κ3) is 3.65. The number of rotatable bonds is 6. The van der Waals surface area contributed by atoms with Gasteiger partial charge >= 0.3 is 0 Å². The van der Waals surface area contributed by atoms with Crippen molar-refractivity contribution in [2.45, 2.75) is 39.7 Å². The highest BCUT2D eigenvalue weighted by atomic mass is 16.2. The monoisotopic (exact) mass is 407 g/mol. The average molecular weight is 408 g/mol. The lowest BCUT2D eigenvalue weighted by Gasteiger charge is -2.20. The van der Waals surface area contributed by atoms with Crippen molar-refractivity contribution in [1.29, 1.82) is 0 Å². The Balaban J connectivity index is 1.61.